The van der Waals surface area contributed by atoms with Crippen LogP contribution in [-0.4, -0.2) is 25.0 Å². The van der Waals surface area contributed by atoms with E-state index >= 15 is 0 Å². The summed E-state index contributed by atoms with van der Waals surface area (Å²) in [6, 6.07) is 0.560. The van der Waals surface area contributed by atoms with Gasteiger partial charge < -0.3 is 10.6 Å². The predicted octanol–water partition coefficient (Wildman–Crippen LogP) is 2.32. The van der Waals surface area contributed by atoms with E-state index in [-0.39, 0.29) is 5.91 Å². The van der Waals surface area contributed by atoms with Crippen LogP contribution in [0.15, 0.2) is 0 Å². The molecule has 0 radical (unpaired) electrons. The van der Waals surface area contributed by atoms with Crippen molar-refractivity contribution >= 4 is 5.91 Å². The summed E-state index contributed by atoms with van der Waals surface area (Å²) in [6.07, 6.45) is 4.17. The van der Waals surface area contributed by atoms with Crippen LogP contribution in [0.1, 0.15) is 53.4 Å². The number of carbonyl (C=O) groups excluding carboxylic acids is 1. The maximum Gasteiger partial charge on any atom is 0.221 e. The molecule has 0 heterocycles. The summed E-state index contributed by atoms with van der Waals surface area (Å²) in [4.78, 5) is 11.2. The number of carbonyl (C=O) groups is 1. The van der Waals surface area contributed by atoms with E-state index in [1.54, 1.807) is 0 Å². The number of hydrogen-bond donors (Lipinski definition) is 2. The molecule has 0 saturated heterocycles. The molecule has 0 saturated carbocycles. The third-order valence-electron chi connectivity index (χ3n) is 3.04. The van der Waals surface area contributed by atoms with Crippen LogP contribution in [0, 0.1) is 5.92 Å². The molecule has 3 nitrogen and oxygen atoms in total. The Hall–Kier alpha value is -0.570. The molecule has 16 heavy (non-hydrogen) atoms. The molecule has 0 aromatic rings. The van der Waals surface area contributed by atoms with Crippen LogP contribution in [0.4, 0.5) is 0 Å². The summed E-state index contributed by atoms with van der Waals surface area (Å²) >= 11 is 0. The Morgan fingerprint density at radius 1 is 1.19 bits per heavy atom. The van der Waals surface area contributed by atoms with Gasteiger partial charge in [0.2, 0.25) is 5.91 Å². The third kappa shape index (κ3) is 7.69. The van der Waals surface area contributed by atoms with E-state index in [0.29, 0.717) is 12.5 Å². The fourth-order valence-electron chi connectivity index (χ4n) is 1.72. The van der Waals surface area contributed by atoms with Crippen LogP contribution in [0.2, 0.25) is 0 Å². The Labute approximate surface area is 100 Å². The highest BCUT2D eigenvalue weighted by molar-refractivity contribution is 5.75. The molecule has 2 atom stereocenters. The lowest BCUT2D eigenvalue weighted by Gasteiger charge is -2.20. The molecular formula is C13H28N2O. The Balaban J connectivity index is 3.66. The highest BCUT2D eigenvalue weighted by Crippen LogP contribution is 2.11. The lowest BCUT2D eigenvalue weighted by molar-refractivity contribution is -0.120. The van der Waals surface area contributed by atoms with Gasteiger partial charge in [0.05, 0.1) is 0 Å². The van der Waals surface area contributed by atoms with E-state index in [0.717, 1.165) is 25.4 Å². The van der Waals surface area contributed by atoms with E-state index < -0.39 is 0 Å². The van der Waals surface area contributed by atoms with Gasteiger partial charge in [0.25, 0.3) is 0 Å². The number of amides is 1. The summed E-state index contributed by atoms with van der Waals surface area (Å²) in [5.41, 5.74) is 0. The van der Waals surface area contributed by atoms with Crippen LogP contribution in [0.25, 0.3) is 0 Å². The zero-order valence-electron chi connectivity index (χ0n) is 11.3. The molecule has 0 spiro atoms. The van der Waals surface area contributed by atoms with E-state index in [4.69, 9.17) is 0 Å². The number of nitrogens with one attached hydrogen (secondary N) is 2. The molecule has 0 aromatic heterocycles. The van der Waals surface area contributed by atoms with Crippen LogP contribution in [0.3, 0.4) is 0 Å². The first-order valence-electron chi connectivity index (χ1n) is 6.64. The Morgan fingerprint density at radius 3 is 2.38 bits per heavy atom. The minimum absolute atomic E-state index is 0.147. The molecule has 0 aliphatic heterocycles. The van der Waals surface area contributed by atoms with E-state index in [2.05, 4.69) is 31.4 Å². The van der Waals surface area contributed by atoms with Crippen LogP contribution in [0.5, 0.6) is 0 Å². The minimum Gasteiger partial charge on any atom is -0.356 e. The molecule has 96 valence electrons. The molecule has 0 aromatic carbocycles. The van der Waals surface area contributed by atoms with Crippen LogP contribution in [-0.2, 0) is 4.79 Å². The van der Waals surface area contributed by atoms with Crippen molar-refractivity contribution in [3.63, 3.8) is 0 Å². The van der Waals surface area contributed by atoms with Gasteiger partial charge in [-0.1, -0.05) is 27.2 Å². The molecule has 0 bridgehead atoms. The largest absolute Gasteiger partial charge is 0.356 e. The van der Waals surface area contributed by atoms with Gasteiger partial charge in [0.15, 0.2) is 0 Å². The van der Waals surface area contributed by atoms with Gasteiger partial charge in [-0.2, -0.15) is 0 Å². The van der Waals surface area contributed by atoms with E-state index in [9.17, 15) is 4.79 Å². The van der Waals surface area contributed by atoms with Crippen molar-refractivity contribution in [1.29, 1.82) is 0 Å². The van der Waals surface area contributed by atoms with Crippen molar-refractivity contribution in [3.05, 3.63) is 0 Å². The summed E-state index contributed by atoms with van der Waals surface area (Å²) in [5.74, 6) is 0.912. The second-order valence-corrected chi connectivity index (χ2v) is 4.51. The van der Waals surface area contributed by atoms with Crippen LogP contribution < -0.4 is 10.6 Å². The molecular weight excluding hydrogens is 200 g/mol. The second-order valence-electron chi connectivity index (χ2n) is 4.51. The second kappa shape index (κ2) is 9.64. The predicted molar refractivity (Wildman–Crippen MR) is 69.5 cm³/mol. The van der Waals surface area contributed by atoms with Crippen molar-refractivity contribution in [3.8, 4) is 0 Å². The zero-order valence-corrected chi connectivity index (χ0v) is 11.3. The normalized spacial score (nSPS) is 14.5. The SMILES string of the molecule is CCNC(=O)CCNC(CC)CC(C)CC. The summed E-state index contributed by atoms with van der Waals surface area (Å²) in [6.45, 7) is 10.2. The summed E-state index contributed by atoms with van der Waals surface area (Å²) < 4.78 is 0. The summed E-state index contributed by atoms with van der Waals surface area (Å²) in [5, 5.41) is 6.27. The van der Waals surface area contributed by atoms with Crippen molar-refractivity contribution in [2.75, 3.05) is 13.1 Å². The van der Waals surface area contributed by atoms with E-state index in [1.165, 1.54) is 12.8 Å². The van der Waals surface area contributed by atoms with Gasteiger partial charge in [-0.15, -0.1) is 0 Å². The highest BCUT2D eigenvalue weighted by atomic mass is 16.1. The maximum absolute atomic E-state index is 11.2. The smallest absolute Gasteiger partial charge is 0.221 e. The third-order valence-corrected chi connectivity index (χ3v) is 3.04. The van der Waals surface area contributed by atoms with Gasteiger partial charge in [0.1, 0.15) is 0 Å². The molecule has 0 rings (SSSR count). The van der Waals surface area contributed by atoms with Crippen molar-refractivity contribution in [2.45, 2.75) is 59.4 Å². The molecule has 1 amide bonds. The molecule has 0 fully saturated rings. The first kappa shape index (κ1) is 15.4. The monoisotopic (exact) mass is 228 g/mol. The topological polar surface area (TPSA) is 41.1 Å². The van der Waals surface area contributed by atoms with Crippen molar-refractivity contribution in [1.82, 2.24) is 10.6 Å². The molecule has 0 aliphatic carbocycles. The van der Waals surface area contributed by atoms with Gasteiger partial charge in [0, 0.05) is 25.6 Å². The Kier molecular flexibility index (Phi) is 9.30. The lowest BCUT2D eigenvalue weighted by Crippen LogP contribution is -2.34. The van der Waals surface area contributed by atoms with Crippen molar-refractivity contribution < 1.29 is 4.79 Å². The maximum atomic E-state index is 11.2. The zero-order chi connectivity index (χ0) is 12.4. The quantitative estimate of drug-likeness (QED) is 0.636. The molecule has 2 N–H and O–H groups in total. The molecule has 0 aliphatic rings. The molecule has 2 unspecified atom stereocenters. The van der Waals surface area contributed by atoms with Crippen LogP contribution >= 0.6 is 0 Å². The fourth-order valence-corrected chi connectivity index (χ4v) is 1.72. The standard InChI is InChI=1S/C13H28N2O/c1-5-11(4)10-12(6-2)15-9-8-13(16)14-7-3/h11-12,15H,5-10H2,1-4H3,(H,14,16). The van der Waals surface area contributed by atoms with Gasteiger partial charge in [-0.05, 0) is 25.7 Å². The lowest BCUT2D eigenvalue weighted by atomic mass is 9.98. The van der Waals surface area contributed by atoms with Gasteiger partial charge in [-0.25, -0.2) is 0 Å². The number of rotatable bonds is 9. The first-order chi connectivity index (χ1) is 7.63. The minimum atomic E-state index is 0.147. The Bertz CT molecular complexity index is 183. The van der Waals surface area contributed by atoms with Gasteiger partial charge in [-0.3, -0.25) is 4.79 Å². The number of hydrogen-bond acceptors (Lipinski definition) is 2. The molecule has 3 heteroatoms. The fraction of sp³-hybridized carbons (Fsp3) is 0.923. The highest BCUT2D eigenvalue weighted by Gasteiger charge is 2.10. The van der Waals surface area contributed by atoms with Crippen molar-refractivity contribution in [2.24, 2.45) is 5.92 Å². The summed E-state index contributed by atoms with van der Waals surface area (Å²) in [7, 11) is 0. The average molecular weight is 228 g/mol. The Morgan fingerprint density at radius 2 is 1.88 bits per heavy atom. The van der Waals surface area contributed by atoms with E-state index in [1.807, 2.05) is 6.92 Å². The first-order valence-corrected chi connectivity index (χ1v) is 6.64. The van der Waals surface area contributed by atoms with Gasteiger partial charge >= 0.3 is 0 Å². The average Bonchev–Trinajstić information content (AvgIpc) is 2.27.